The van der Waals surface area contributed by atoms with E-state index in [-0.39, 0.29) is 16.5 Å². The van der Waals surface area contributed by atoms with Crippen LogP contribution in [0.2, 0.25) is 0 Å². The van der Waals surface area contributed by atoms with Crippen LogP contribution in [0.15, 0.2) is 78.0 Å². The van der Waals surface area contributed by atoms with Crippen molar-refractivity contribution in [2.75, 3.05) is 38.0 Å². The summed E-state index contributed by atoms with van der Waals surface area (Å²) in [6.45, 7) is 3.61. The molecule has 1 aliphatic heterocycles. The highest BCUT2D eigenvalue weighted by Gasteiger charge is 2.23. The van der Waals surface area contributed by atoms with Crippen LogP contribution in [0.5, 0.6) is 5.75 Å². The van der Waals surface area contributed by atoms with Crippen molar-refractivity contribution in [2.24, 2.45) is 0 Å². The molecule has 1 aromatic heterocycles. The average Bonchev–Trinajstić information content (AvgIpc) is 2.85. The van der Waals surface area contributed by atoms with Crippen LogP contribution in [-0.2, 0) is 16.6 Å². The van der Waals surface area contributed by atoms with Gasteiger partial charge in [0.15, 0.2) is 0 Å². The molecule has 2 aromatic carbocycles. The van der Waals surface area contributed by atoms with Crippen LogP contribution >= 0.6 is 0 Å². The normalized spacial score (nSPS) is 14.6. The molecule has 1 saturated heterocycles. The second kappa shape index (κ2) is 10.0. The lowest BCUT2D eigenvalue weighted by molar-refractivity contribution is 0.0628. The van der Waals surface area contributed by atoms with Gasteiger partial charge in [0.2, 0.25) is 0 Å². The molecule has 0 radical (unpaired) electrons. The van der Waals surface area contributed by atoms with Gasteiger partial charge in [0.25, 0.3) is 15.9 Å². The molecular formula is C24H26N4O4S. The lowest BCUT2D eigenvalue weighted by Crippen LogP contribution is -2.48. The van der Waals surface area contributed by atoms with Crippen molar-refractivity contribution in [3.63, 3.8) is 0 Å². The standard InChI is InChI=1S/C24H26N4O4S/c1-32-22-7-9-23(10-8-22)33(30,31)26-21-15-20(16-25-17-21)24(29)28-13-11-27(12-14-28)18-19-5-3-2-4-6-19/h2-10,15-17,26H,11-14,18H2,1H3. The number of nitrogens with one attached hydrogen (secondary N) is 1. The maximum Gasteiger partial charge on any atom is 0.261 e. The van der Waals surface area contributed by atoms with E-state index in [1.807, 2.05) is 18.2 Å². The predicted molar refractivity (Wildman–Crippen MR) is 126 cm³/mol. The number of sulfonamides is 1. The number of benzene rings is 2. The molecule has 3 aromatic rings. The quantitative estimate of drug-likeness (QED) is 0.576. The Balaban J connectivity index is 1.38. The Bertz CT molecular complexity index is 1190. The minimum atomic E-state index is -3.82. The summed E-state index contributed by atoms with van der Waals surface area (Å²) in [5.74, 6) is 0.402. The Morgan fingerprint density at radius 1 is 1.00 bits per heavy atom. The third kappa shape index (κ3) is 5.68. The van der Waals surface area contributed by atoms with Crippen LogP contribution in [0.4, 0.5) is 5.69 Å². The first kappa shape index (κ1) is 22.8. The number of amides is 1. The monoisotopic (exact) mass is 466 g/mol. The number of ether oxygens (including phenoxy) is 1. The number of hydrogen-bond acceptors (Lipinski definition) is 6. The number of pyridine rings is 1. The molecule has 0 unspecified atom stereocenters. The van der Waals surface area contributed by atoms with E-state index in [0.29, 0.717) is 24.4 Å². The SMILES string of the molecule is COc1ccc(S(=O)(=O)Nc2cncc(C(=O)N3CCN(Cc4ccccc4)CC3)c2)cc1. The van der Waals surface area contributed by atoms with Crippen molar-refractivity contribution < 1.29 is 17.9 Å². The van der Waals surface area contributed by atoms with Crippen LogP contribution in [0.25, 0.3) is 0 Å². The van der Waals surface area contributed by atoms with E-state index in [4.69, 9.17) is 4.74 Å². The van der Waals surface area contributed by atoms with Crippen molar-refractivity contribution >= 4 is 21.6 Å². The maximum absolute atomic E-state index is 13.0. The fraction of sp³-hybridized carbons (Fsp3) is 0.250. The van der Waals surface area contributed by atoms with Crippen LogP contribution in [0, 0.1) is 0 Å². The zero-order valence-electron chi connectivity index (χ0n) is 18.3. The zero-order chi connectivity index (χ0) is 23.3. The van der Waals surface area contributed by atoms with Gasteiger partial charge in [0.1, 0.15) is 5.75 Å². The number of carbonyl (C=O) groups is 1. The summed E-state index contributed by atoms with van der Waals surface area (Å²) >= 11 is 0. The fourth-order valence-corrected chi connectivity index (χ4v) is 4.75. The Labute approximate surface area is 193 Å². The first-order valence-electron chi connectivity index (χ1n) is 10.6. The molecule has 9 heteroatoms. The van der Waals surface area contributed by atoms with Crippen molar-refractivity contribution in [2.45, 2.75) is 11.4 Å². The van der Waals surface area contributed by atoms with E-state index in [1.54, 1.807) is 17.0 Å². The van der Waals surface area contributed by atoms with Crippen LogP contribution in [0.1, 0.15) is 15.9 Å². The highest BCUT2D eigenvalue weighted by atomic mass is 32.2. The molecule has 33 heavy (non-hydrogen) atoms. The molecule has 4 rings (SSSR count). The molecule has 8 nitrogen and oxygen atoms in total. The van der Waals surface area contributed by atoms with Crippen LogP contribution < -0.4 is 9.46 Å². The van der Waals surface area contributed by atoms with Gasteiger partial charge in [-0.15, -0.1) is 0 Å². The average molecular weight is 467 g/mol. The van der Waals surface area contributed by atoms with Gasteiger partial charge in [0.05, 0.1) is 29.5 Å². The molecule has 1 N–H and O–H groups in total. The van der Waals surface area contributed by atoms with Crippen molar-refractivity contribution in [1.29, 1.82) is 0 Å². The Hall–Kier alpha value is -3.43. The summed E-state index contributed by atoms with van der Waals surface area (Å²) in [5, 5.41) is 0. The van der Waals surface area contributed by atoms with Gasteiger partial charge in [0, 0.05) is 38.9 Å². The summed E-state index contributed by atoms with van der Waals surface area (Å²) < 4.78 is 32.9. The van der Waals surface area contributed by atoms with E-state index < -0.39 is 10.0 Å². The van der Waals surface area contributed by atoms with E-state index in [9.17, 15) is 13.2 Å². The summed E-state index contributed by atoms with van der Waals surface area (Å²) in [6, 6.07) is 17.8. The number of nitrogens with zero attached hydrogens (tertiary/aromatic N) is 3. The number of hydrogen-bond donors (Lipinski definition) is 1. The second-order valence-corrected chi connectivity index (χ2v) is 9.48. The molecular weight excluding hydrogens is 440 g/mol. The van der Waals surface area contributed by atoms with E-state index >= 15 is 0 Å². The van der Waals surface area contributed by atoms with Gasteiger partial charge in [-0.3, -0.25) is 19.4 Å². The molecule has 0 saturated carbocycles. The molecule has 1 amide bonds. The number of aromatic nitrogens is 1. The summed E-state index contributed by atoms with van der Waals surface area (Å²) in [6.07, 6.45) is 2.85. The minimum absolute atomic E-state index is 0.0922. The second-order valence-electron chi connectivity index (χ2n) is 7.80. The molecule has 2 heterocycles. The summed E-state index contributed by atoms with van der Waals surface area (Å²) in [5.41, 5.74) is 1.83. The third-order valence-corrected chi connectivity index (χ3v) is 6.91. The van der Waals surface area contributed by atoms with Gasteiger partial charge < -0.3 is 9.64 Å². The fourth-order valence-electron chi connectivity index (χ4n) is 3.71. The Kier molecular flexibility index (Phi) is 6.90. The molecule has 1 aliphatic rings. The van der Waals surface area contributed by atoms with Gasteiger partial charge in [-0.2, -0.15) is 0 Å². The number of rotatable bonds is 7. The van der Waals surface area contributed by atoms with Gasteiger partial charge >= 0.3 is 0 Å². The van der Waals surface area contributed by atoms with Gasteiger partial charge in [-0.1, -0.05) is 30.3 Å². The number of carbonyl (C=O) groups excluding carboxylic acids is 1. The van der Waals surface area contributed by atoms with Crippen molar-refractivity contribution in [3.8, 4) is 5.75 Å². The summed E-state index contributed by atoms with van der Waals surface area (Å²) in [4.78, 5) is 21.3. The topological polar surface area (TPSA) is 91.8 Å². The molecule has 1 fully saturated rings. The molecule has 0 atom stereocenters. The number of piperazine rings is 1. The molecule has 0 aliphatic carbocycles. The van der Waals surface area contributed by atoms with E-state index in [1.165, 1.54) is 43.3 Å². The highest BCUT2D eigenvalue weighted by molar-refractivity contribution is 7.92. The van der Waals surface area contributed by atoms with Gasteiger partial charge in [-0.05, 0) is 35.9 Å². The third-order valence-electron chi connectivity index (χ3n) is 5.52. The minimum Gasteiger partial charge on any atom is -0.497 e. The Morgan fingerprint density at radius 2 is 1.70 bits per heavy atom. The van der Waals surface area contributed by atoms with Crippen molar-refractivity contribution in [1.82, 2.24) is 14.8 Å². The smallest absolute Gasteiger partial charge is 0.261 e. The lowest BCUT2D eigenvalue weighted by atomic mass is 10.2. The maximum atomic E-state index is 13.0. The lowest BCUT2D eigenvalue weighted by Gasteiger charge is -2.34. The van der Waals surface area contributed by atoms with E-state index in [2.05, 4.69) is 26.7 Å². The van der Waals surface area contributed by atoms with E-state index in [0.717, 1.165) is 19.6 Å². The molecule has 0 spiro atoms. The largest absolute Gasteiger partial charge is 0.497 e. The molecule has 0 bridgehead atoms. The summed E-state index contributed by atoms with van der Waals surface area (Å²) in [7, 11) is -2.31. The predicted octanol–water partition coefficient (Wildman–Crippen LogP) is 2.85. The first-order valence-corrected chi connectivity index (χ1v) is 12.1. The van der Waals surface area contributed by atoms with Crippen molar-refractivity contribution in [3.05, 3.63) is 84.2 Å². The highest BCUT2D eigenvalue weighted by Crippen LogP contribution is 2.20. The first-order chi connectivity index (χ1) is 15.9. The van der Waals surface area contributed by atoms with Crippen LogP contribution in [-0.4, -0.2) is 62.4 Å². The number of methoxy groups -OCH3 is 1. The zero-order valence-corrected chi connectivity index (χ0v) is 19.2. The van der Waals surface area contributed by atoms with Gasteiger partial charge in [-0.25, -0.2) is 8.42 Å². The Morgan fingerprint density at radius 3 is 2.36 bits per heavy atom. The molecule has 172 valence electrons. The number of anilines is 1. The van der Waals surface area contributed by atoms with Crippen LogP contribution in [0.3, 0.4) is 0 Å².